The minimum Gasteiger partial charge on any atom is -0.492 e. The second-order valence-electron chi connectivity index (χ2n) is 6.90. The van der Waals surface area contributed by atoms with Gasteiger partial charge in [0, 0.05) is 6.54 Å². The molecule has 0 spiro atoms. The van der Waals surface area contributed by atoms with Crippen LogP contribution in [0.25, 0.3) is 0 Å². The Balaban J connectivity index is 1.94. The van der Waals surface area contributed by atoms with Gasteiger partial charge < -0.3 is 4.74 Å². The molecule has 1 aromatic carbocycles. The molecule has 0 aliphatic carbocycles. The van der Waals surface area contributed by atoms with Crippen LogP contribution in [0.1, 0.15) is 69.9 Å². The van der Waals surface area contributed by atoms with Crippen molar-refractivity contribution in [2.45, 2.75) is 58.8 Å². The molecular weight excluding hydrogens is 258 g/mol. The van der Waals surface area contributed by atoms with Crippen LogP contribution in [0.15, 0.2) is 18.2 Å². The summed E-state index contributed by atoms with van der Waals surface area (Å²) in [5.74, 6) is 2.14. The summed E-state index contributed by atoms with van der Waals surface area (Å²) in [6.07, 6.45) is 4.09. The van der Waals surface area contributed by atoms with Crippen molar-refractivity contribution in [1.82, 2.24) is 4.90 Å². The highest BCUT2D eigenvalue weighted by Gasteiger charge is 2.11. The molecule has 1 saturated heterocycles. The quantitative estimate of drug-likeness (QED) is 0.746. The first-order chi connectivity index (χ1) is 10.1. The molecule has 0 saturated carbocycles. The van der Waals surface area contributed by atoms with Crippen molar-refractivity contribution < 1.29 is 4.74 Å². The van der Waals surface area contributed by atoms with Crippen molar-refractivity contribution in [2.24, 2.45) is 0 Å². The molecule has 1 aliphatic rings. The Morgan fingerprint density at radius 3 is 2.00 bits per heavy atom. The number of hydrogen-bond acceptors (Lipinski definition) is 2. The van der Waals surface area contributed by atoms with E-state index in [4.69, 9.17) is 4.74 Å². The molecule has 0 amide bonds. The van der Waals surface area contributed by atoms with Crippen LogP contribution >= 0.6 is 0 Å². The van der Waals surface area contributed by atoms with E-state index in [1.54, 1.807) is 0 Å². The maximum atomic E-state index is 6.05. The van der Waals surface area contributed by atoms with Gasteiger partial charge in [-0.2, -0.15) is 0 Å². The van der Waals surface area contributed by atoms with Crippen LogP contribution in [0.5, 0.6) is 5.75 Å². The molecular formula is C19H31NO. The van der Waals surface area contributed by atoms with Crippen LogP contribution in [0.3, 0.4) is 0 Å². The molecule has 1 aromatic rings. The summed E-state index contributed by atoms with van der Waals surface area (Å²) in [5.41, 5.74) is 2.77. The summed E-state index contributed by atoms with van der Waals surface area (Å²) in [7, 11) is 0. The molecule has 0 radical (unpaired) electrons. The molecule has 21 heavy (non-hydrogen) atoms. The molecule has 0 atom stereocenters. The van der Waals surface area contributed by atoms with Gasteiger partial charge in [-0.1, -0.05) is 40.2 Å². The van der Waals surface area contributed by atoms with Crippen molar-refractivity contribution in [2.75, 3.05) is 26.2 Å². The highest BCUT2D eigenvalue weighted by Crippen LogP contribution is 2.27. The SMILES string of the molecule is CC(C)c1cc(OCCN2CCCCC2)cc(C(C)C)c1. The number of likely N-dealkylation sites (tertiary alicyclic amines) is 1. The predicted molar refractivity (Wildman–Crippen MR) is 90.4 cm³/mol. The summed E-state index contributed by atoms with van der Waals surface area (Å²) < 4.78 is 6.05. The van der Waals surface area contributed by atoms with Crippen LogP contribution in [0.4, 0.5) is 0 Å². The van der Waals surface area contributed by atoms with E-state index >= 15 is 0 Å². The second kappa shape index (κ2) is 7.84. The van der Waals surface area contributed by atoms with Gasteiger partial charge in [0.15, 0.2) is 0 Å². The Labute approximate surface area is 130 Å². The zero-order valence-electron chi connectivity index (χ0n) is 14.2. The Bertz CT molecular complexity index is 407. The molecule has 2 heteroatoms. The number of nitrogens with zero attached hydrogens (tertiary/aromatic N) is 1. The lowest BCUT2D eigenvalue weighted by Gasteiger charge is -2.26. The van der Waals surface area contributed by atoms with Crippen molar-refractivity contribution in [3.8, 4) is 5.75 Å². The smallest absolute Gasteiger partial charge is 0.119 e. The normalized spacial score (nSPS) is 16.7. The minimum atomic E-state index is 0.549. The minimum absolute atomic E-state index is 0.549. The highest BCUT2D eigenvalue weighted by atomic mass is 16.5. The van der Waals surface area contributed by atoms with E-state index in [9.17, 15) is 0 Å². The number of rotatable bonds is 6. The average molecular weight is 289 g/mol. The van der Waals surface area contributed by atoms with Crippen LogP contribution in [-0.2, 0) is 0 Å². The molecule has 0 unspecified atom stereocenters. The van der Waals surface area contributed by atoms with Gasteiger partial charge in [-0.15, -0.1) is 0 Å². The van der Waals surface area contributed by atoms with E-state index in [1.165, 1.54) is 43.5 Å². The average Bonchev–Trinajstić information content (AvgIpc) is 2.48. The van der Waals surface area contributed by atoms with Crippen molar-refractivity contribution in [1.29, 1.82) is 0 Å². The molecule has 118 valence electrons. The van der Waals surface area contributed by atoms with Gasteiger partial charge >= 0.3 is 0 Å². The lowest BCUT2D eigenvalue weighted by Crippen LogP contribution is -2.33. The van der Waals surface area contributed by atoms with Gasteiger partial charge in [0.1, 0.15) is 12.4 Å². The molecule has 0 aromatic heterocycles. The Hall–Kier alpha value is -1.02. The summed E-state index contributed by atoms with van der Waals surface area (Å²) in [6, 6.07) is 6.76. The van der Waals surface area contributed by atoms with E-state index in [-0.39, 0.29) is 0 Å². The zero-order chi connectivity index (χ0) is 15.2. The van der Waals surface area contributed by atoms with E-state index in [0.717, 1.165) is 18.9 Å². The van der Waals surface area contributed by atoms with Gasteiger partial charge in [-0.25, -0.2) is 0 Å². The Morgan fingerprint density at radius 1 is 0.905 bits per heavy atom. The lowest BCUT2D eigenvalue weighted by atomic mass is 9.95. The number of ether oxygens (including phenoxy) is 1. The Morgan fingerprint density at radius 2 is 1.48 bits per heavy atom. The number of hydrogen-bond donors (Lipinski definition) is 0. The monoisotopic (exact) mass is 289 g/mol. The second-order valence-corrected chi connectivity index (χ2v) is 6.90. The molecule has 1 aliphatic heterocycles. The molecule has 0 bridgehead atoms. The summed E-state index contributed by atoms with van der Waals surface area (Å²) >= 11 is 0. The van der Waals surface area contributed by atoms with E-state index in [1.807, 2.05) is 0 Å². The van der Waals surface area contributed by atoms with Gasteiger partial charge in [0.25, 0.3) is 0 Å². The topological polar surface area (TPSA) is 12.5 Å². The third kappa shape index (κ3) is 5.03. The lowest BCUT2D eigenvalue weighted by molar-refractivity contribution is 0.183. The van der Waals surface area contributed by atoms with Crippen molar-refractivity contribution in [3.05, 3.63) is 29.3 Å². The fraction of sp³-hybridized carbons (Fsp3) is 0.684. The summed E-state index contributed by atoms with van der Waals surface area (Å²) in [5, 5.41) is 0. The van der Waals surface area contributed by atoms with E-state index < -0.39 is 0 Å². The van der Waals surface area contributed by atoms with Crippen LogP contribution < -0.4 is 4.74 Å². The standard InChI is InChI=1S/C19H31NO/c1-15(2)17-12-18(16(3)4)14-19(13-17)21-11-10-20-8-6-5-7-9-20/h12-16H,5-11H2,1-4H3. The number of piperidine rings is 1. The van der Waals surface area contributed by atoms with E-state index in [2.05, 4.69) is 50.8 Å². The molecule has 0 N–H and O–H groups in total. The Kier molecular flexibility index (Phi) is 6.10. The molecule has 2 rings (SSSR count). The summed E-state index contributed by atoms with van der Waals surface area (Å²) in [6.45, 7) is 13.3. The maximum Gasteiger partial charge on any atom is 0.119 e. The first kappa shape index (κ1) is 16.4. The van der Waals surface area contributed by atoms with Gasteiger partial charge in [0.05, 0.1) is 0 Å². The predicted octanol–water partition coefficient (Wildman–Crippen LogP) is 4.80. The molecule has 1 fully saturated rings. The maximum absolute atomic E-state index is 6.05. The number of benzene rings is 1. The zero-order valence-corrected chi connectivity index (χ0v) is 14.2. The first-order valence-corrected chi connectivity index (χ1v) is 8.56. The van der Waals surface area contributed by atoms with Gasteiger partial charge in [-0.05, 0) is 61.0 Å². The summed E-state index contributed by atoms with van der Waals surface area (Å²) in [4.78, 5) is 2.53. The fourth-order valence-electron chi connectivity index (χ4n) is 2.87. The first-order valence-electron chi connectivity index (χ1n) is 8.56. The van der Waals surface area contributed by atoms with E-state index in [0.29, 0.717) is 11.8 Å². The van der Waals surface area contributed by atoms with Crippen LogP contribution in [0.2, 0.25) is 0 Å². The van der Waals surface area contributed by atoms with Gasteiger partial charge in [0.2, 0.25) is 0 Å². The van der Waals surface area contributed by atoms with Crippen LogP contribution in [-0.4, -0.2) is 31.1 Å². The largest absolute Gasteiger partial charge is 0.492 e. The van der Waals surface area contributed by atoms with Crippen LogP contribution in [0, 0.1) is 0 Å². The third-order valence-corrected chi connectivity index (χ3v) is 4.41. The fourth-order valence-corrected chi connectivity index (χ4v) is 2.87. The molecule has 2 nitrogen and oxygen atoms in total. The highest BCUT2D eigenvalue weighted by molar-refractivity contribution is 5.37. The van der Waals surface area contributed by atoms with Crippen molar-refractivity contribution >= 4 is 0 Å². The molecule has 1 heterocycles. The van der Waals surface area contributed by atoms with Crippen molar-refractivity contribution in [3.63, 3.8) is 0 Å². The third-order valence-electron chi connectivity index (χ3n) is 4.41. The van der Waals surface area contributed by atoms with Gasteiger partial charge in [-0.3, -0.25) is 4.90 Å².